The van der Waals surface area contributed by atoms with E-state index in [1.807, 2.05) is 29.6 Å². The van der Waals surface area contributed by atoms with Crippen molar-refractivity contribution in [2.45, 2.75) is 52.2 Å². The number of hydrogen-bond acceptors (Lipinski definition) is 8. The molecule has 1 aliphatic rings. The lowest BCUT2D eigenvalue weighted by atomic mass is 9.78. The number of hydrogen-bond donors (Lipinski definition) is 1. The molecule has 7 nitrogen and oxygen atoms in total. The third-order valence-electron chi connectivity index (χ3n) is 6.21. The minimum atomic E-state index is -0.388. The van der Waals surface area contributed by atoms with E-state index in [2.05, 4.69) is 67.5 Å². The van der Waals surface area contributed by atoms with Crippen molar-refractivity contribution >= 4 is 41.2 Å². The molecular weight excluding hydrogens is 461 g/mol. The predicted octanol–water partition coefficient (Wildman–Crippen LogP) is 4.66. The number of thiazole rings is 1. The highest BCUT2D eigenvalue weighted by molar-refractivity contribution is 7.13. The molecule has 0 atom stereocenters. The van der Waals surface area contributed by atoms with Gasteiger partial charge in [-0.1, -0.05) is 48.5 Å². The molecule has 2 aromatic carbocycles. The number of esters is 1. The second-order valence-corrected chi connectivity index (χ2v) is 10.2. The fourth-order valence-electron chi connectivity index (χ4n) is 3.57. The van der Waals surface area contributed by atoms with Crippen molar-refractivity contribution in [3.05, 3.63) is 65.2 Å². The van der Waals surface area contributed by atoms with Crippen molar-refractivity contribution in [2.24, 2.45) is 5.10 Å². The van der Waals surface area contributed by atoms with Crippen molar-refractivity contribution in [1.82, 2.24) is 4.98 Å². The zero-order valence-electron chi connectivity index (χ0n) is 20.7. The first-order valence-electron chi connectivity index (χ1n) is 11.6. The Morgan fingerprint density at radius 3 is 2.51 bits per heavy atom. The van der Waals surface area contributed by atoms with E-state index in [1.54, 1.807) is 13.1 Å². The number of ether oxygens (including phenoxy) is 1. The predicted molar refractivity (Wildman–Crippen MR) is 141 cm³/mol. The molecule has 35 heavy (non-hydrogen) atoms. The highest BCUT2D eigenvalue weighted by Gasteiger charge is 2.51. The van der Waals surface area contributed by atoms with Gasteiger partial charge in [0.15, 0.2) is 0 Å². The molecule has 9 heteroatoms. The summed E-state index contributed by atoms with van der Waals surface area (Å²) in [5.74, 6) is -0.283. The van der Waals surface area contributed by atoms with Gasteiger partial charge in [-0.3, -0.25) is 10.2 Å². The van der Waals surface area contributed by atoms with E-state index in [0.717, 1.165) is 22.2 Å². The zero-order chi connectivity index (χ0) is 25.1. The lowest BCUT2D eigenvalue weighted by Crippen LogP contribution is -2.41. The smallest absolute Gasteiger partial charge is 0.466 e. The summed E-state index contributed by atoms with van der Waals surface area (Å²) < 4.78 is 17.3. The molecular formula is C26H30BN3O4S. The Bertz CT molecular complexity index is 1190. The Kier molecular flexibility index (Phi) is 7.40. The van der Waals surface area contributed by atoms with Gasteiger partial charge in [-0.2, -0.15) is 5.10 Å². The van der Waals surface area contributed by atoms with E-state index in [0.29, 0.717) is 17.4 Å². The van der Waals surface area contributed by atoms with Crippen LogP contribution in [0.1, 0.15) is 45.9 Å². The summed E-state index contributed by atoms with van der Waals surface area (Å²) in [6, 6.07) is 16.4. The number of aromatic nitrogens is 1. The molecule has 0 unspecified atom stereocenters. The first-order valence-corrected chi connectivity index (χ1v) is 12.5. The summed E-state index contributed by atoms with van der Waals surface area (Å²) in [6.45, 7) is 10.4. The quantitative estimate of drug-likeness (QED) is 0.214. The van der Waals surface area contributed by atoms with Crippen LogP contribution < -0.4 is 10.9 Å². The van der Waals surface area contributed by atoms with Gasteiger partial charge in [-0.05, 0) is 56.8 Å². The van der Waals surface area contributed by atoms with E-state index in [1.165, 1.54) is 11.3 Å². The third kappa shape index (κ3) is 5.98. The monoisotopic (exact) mass is 491 g/mol. The molecule has 1 aromatic heterocycles. The number of anilines is 1. The maximum atomic E-state index is 11.6. The van der Waals surface area contributed by atoms with Crippen molar-refractivity contribution in [1.29, 1.82) is 0 Å². The Morgan fingerprint density at radius 1 is 1.11 bits per heavy atom. The molecule has 0 aliphatic carbocycles. The standard InChI is InChI=1S/C26H30BN3O4S/c1-6-32-23(31)15-22-17-35-24(29-22)30-28-16-18-10-12-19(13-11-18)20-8-7-9-21(14-20)27-33-25(2,3)26(4,5)34-27/h7-14,16-17H,6,15H2,1-5H3,(H,29,30). The molecule has 1 saturated heterocycles. The van der Waals surface area contributed by atoms with Gasteiger partial charge < -0.3 is 14.0 Å². The highest BCUT2D eigenvalue weighted by Crippen LogP contribution is 2.36. The second-order valence-electron chi connectivity index (χ2n) is 9.33. The van der Waals surface area contributed by atoms with E-state index >= 15 is 0 Å². The number of carbonyl (C=O) groups excluding carboxylic acids is 1. The van der Waals surface area contributed by atoms with Crippen LogP contribution in [0.2, 0.25) is 0 Å². The van der Waals surface area contributed by atoms with Crippen molar-refractivity contribution in [2.75, 3.05) is 12.0 Å². The Labute approximate surface area is 210 Å². The van der Waals surface area contributed by atoms with Gasteiger partial charge in [0.2, 0.25) is 5.13 Å². The van der Waals surface area contributed by atoms with Crippen LogP contribution in [-0.2, 0) is 25.3 Å². The molecule has 182 valence electrons. The van der Waals surface area contributed by atoms with Crippen LogP contribution in [0.3, 0.4) is 0 Å². The first-order chi connectivity index (χ1) is 16.7. The van der Waals surface area contributed by atoms with Gasteiger partial charge in [-0.15, -0.1) is 11.3 Å². The van der Waals surface area contributed by atoms with Crippen molar-refractivity contribution in [3.63, 3.8) is 0 Å². The molecule has 0 spiro atoms. The van der Waals surface area contributed by atoms with E-state index in [-0.39, 0.29) is 30.7 Å². The zero-order valence-corrected chi connectivity index (χ0v) is 21.5. The minimum absolute atomic E-state index is 0.160. The van der Waals surface area contributed by atoms with Crippen molar-refractivity contribution in [3.8, 4) is 11.1 Å². The normalized spacial score (nSPS) is 16.5. The van der Waals surface area contributed by atoms with Crippen LogP contribution in [0.15, 0.2) is 59.0 Å². The fourth-order valence-corrected chi connectivity index (χ4v) is 4.23. The van der Waals surface area contributed by atoms with Gasteiger partial charge in [0, 0.05) is 5.38 Å². The summed E-state index contributed by atoms with van der Waals surface area (Å²) in [5, 5.41) is 6.70. The summed E-state index contributed by atoms with van der Waals surface area (Å²) in [7, 11) is -0.388. The van der Waals surface area contributed by atoms with Crippen LogP contribution in [0.25, 0.3) is 11.1 Å². The lowest BCUT2D eigenvalue weighted by Gasteiger charge is -2.32. The maximum absolute atomic E-state index is 11.6. The summed E-state index contributed by atoms with van der Waals surface area (Å²) in [5.41, 5.74) is 6.98. The molecule has 0 saturated carbocycles. The van der Waals surface area contributed by atoms with Gasteiger partial charge in [0.05, 0.1) is 36.1 Å². The Balaban J connectivity index is 1.37. The van der Waals surface area contributed by atoms with Crippen LogP contribution in [-0.4, -0.2) is 42.1 Å². The number of nitrogens with zero attached hydrogens (tertiary/aromatic N) is 2. The van der Waals surface area contributed by atoms with E-state index in [4.69, 9.17) is 14.0 Å². The average molecular weight is 491 g/mol. The van der Waals surface area contributed by atoms with Gasteiger partial charge in [0.1, 0.15) is 0 Å². The fraction of sp³-hybridized carbons (Fsp3) is 0.346. The Morgan fingerprint density at radius 2 is 1.83 bits per heavy atom. The number of nitrogens with one attached hydrogen (secondary N) is 1. The number of carbonyl (C=O) groups is 1. The molecule has 4 rings (SSSR count). The second kappa shape index (κ2) is 10.3. The first kappa shape index (κ1) is 25.1. The Hall–Kier alpha value is -3.01. The molecule has 0 radical (unpaired) electrons. The van der Waals surface area contributed by atoms with Crippen LogP contribution in [0, 0.1) is 0 Å². The molecule has 1 N–H and O–H groups in total. The molecule has 3 aromatic rings. The van der Waals surface area contributed by atoms with Crippen LogP contribution >= 0.6 is 11.3 Å². The number of hydrazone groups is 1. The third-order valence-corrected chi connectivity index (χ3v) is 7.01. The number of rotatable bonds is 8. The molecule has 1 aliphatic heterocycles. The van der Waals surface area contributed by atoms with Gasteiger partial charge in [-0.25, -0.2) is 4.98 Å². The molecule has 0 amide bonds. The van der Waals surface area contributed by atoms with E-state index < -0.39 is 0 Å². The van der Waals surface area contributed by atoms with Crippen LogP contribution in [0.4, 0.5) is 5.13 Å². The summed E-state index contributed by atoms with van der Waals surface area (Å²) >= 11 is 1.39. The lowest BCUT2D eigenvalue weighted by molar-refractivity contribution is -0.142. The van der Waals surface area contributed by atoms with Gasteiger partial charge in [0.25, 0.3) is 0 Å². The minimum Gasteiger partial charge on any atom is -0.466 e. The summed E-state index contributed by atoms with van der Waals surface area (Å²) in [4.78, 5) is 15.9. The summed E-state index contributed by atoms with van der Waals surface area (Å²) in [6.07, 6.45) is 1.89. The largest absolute Gasteiger partial charge is 0.494 e. The molecule has 2 heterocycles. The van der Waals surface area contributed by atoms with E-state index in [9.17, 15) is 4.79 Å². The van der Waals surface area contributed by atoms with Crippen molar-refractivity contribution < 1.29 is 18.8 Å². The topological polar surface area (TPSA) is 82.0 Å². The highest BCUT2D eigenvalue weighted by atomic mass is 32.1. The van der Waals surface area contributed by atoms with Crippen LogP contribution in [0.5, 0.6) is 0 Å². The van der Waals surface area contributed by atoms with Gasteiger partial charge >= 0.3 is 13.1 Å². The molecule has 0 bridgehead atoms. The average Bonchev–Trinajstić information content (AvgIpc) is 3.34. The maximum Gasteiger partial charge on any atom is 0.494 e. The molecule has 1 fully saturated rings. The SMILES string of the molecule is CCOC(=O)Cc1csc(NN=Cc2ccc(-c3cccc(B4OC(C)(C)C(C)(C)O4)c3)cc2)n1. The number of benzene rings is 2.